The second-order valence-electron chi connectivity index (χ2n) is 4.87. The zero-order valence-electron chi connectivity index (χ0n) is 11.2. The number of imide groups is 1. The average molecular weight is 311 g/mol. The van der Waals surface area contributed by atoms with Gasteiger partial charge in [0, 0.05) is 28.9 Å². The highest BCUT2D eigenvalue weighted by Gasteiger charge is 2.34. The highest BCUT2D eigenvalue weighted by molar-refractivity contribution is 7.21. The van der Waals surface area contributed by atoms with Crippen molar-refractivity contribution in [3.05, 3.63) is 47.8 Å². The Hall–Kier alpha value is -2.80. The van der Waals surface area contributed by atoms with E-state index >= 15 is 0 Å². The van der Waals surface area contributed by atoms with Gasteiger partial charge in [-0.3, -0.25) is 9.78 Å². The number of carbonyl (C=O) groups is 2. The van der Waals surface area contributed by atoms with Gasteiger partial charge in [-0.1, -0.05) is 6.07 Å². The van der Waals surface area contributed by atoms with Crippen LogP contribution in [0.1, 0.15) is 15.9 Å². The molecule has 4 heterocycles. The first-order chi connectivity index (χ1) is 10.6. The summed E-state index contributed by atoms with van der Waals surface area (Å²) in [4.78, 5) is 34.5. The quantitative estimate of drug-likeness (QED) is 0.747. The van der Waals surface area contributed by atoms with Crippen molar-refractivity contribution in [3.63, 3.8) is 0 Å². The fourth-order valence-corrected chi connectivity index (χ4v) is 3.61. The number of carbonyl (C=O) groups excluding carboxylic acids is 1. The molecule has 108 valence electrons. The number of rotatable bonds is 1. The molecule has 1 N–H and O–H groups in total. The summed E-state index contributed by atoms with van der Waals surface area (Å²) in [7, 11) is 0. The Kier molecular flexibility index (Phi) is 2.70. The van der Waals surface area contributed by atoms with Crippen LogP contribution in [0.3, 0.4) is 0 Å². The summed E-state index contributed by atoms with van der Waals surface area (Å²) < 4.78 is 0. The Morgan fingerprint density at radius 2 is 2.14 bits per heavy atom. The largest absolute Gasteiger partial charge is 0.465 e. The van der Waals surface area contributed by atoms with Gasteiger partial charge in [-0.2, -0.15) is 0 Å². The van der Waals surface area contributed by atoms with Gasteiger partial charge < -0.3 is 5.11 Å². The van der Waals surface area contributed by atoms with Gasteiger partial charge in [0.05, 0.1) is 17.1 Å². The molecule has 0 spiro atoms. The molecule has 0 saturated heterocycles. The van der Waals surface area contributed by atoms with Crippen molar-refractivity contribution in [2.24, 2.45) is 0 Å². The fourth-order valence-electron chi connectivity index (χ4n) is 2.58. The molecule has 0 saturated carbocycles. The predicted molar refractivity (Wildman–Crippen MR) is 80.7 cm³/mol. The van der Waals surface area contributed by atoms with Crippen molar-refractivity contribution in [2.75, 3.05) is 0 Å². The van der Waals surface area contributed by atoms with Gasteiger partial charge in [0.25, 0.3) is 5.91 Å². The molecule has 1 aliphatic heterocycles. The van der Waals surface area contributed by atoms with Crippen LogP contribution >= 0.6 is 11.3 Å². The maximum Gasteiger partial charge on any atom is 0.414 e. The van der Waals surface area contributed by atoms with E-state index in [1.807, 2.05) is 18.2 Å². The smallest absolute Gasteiger partial charge is 0.414 e. The van der Waals surface area contributed by atoms with Crippen molar-refractivity contribution in [1.82, 2.24) is 14.9 Å². The molecule has 0 atom stereocenters. The highest BCUT2D eigenvalue weighted by atomic mass is 32.1. The van der Waals surface area contributed by atoms with E-state index in [0.717, 1.165) is 20.0 Å². The number of nitrogens with zero attached hydrogens (tertiary/aromatic N) is 3. The molecule has 1 aliphatic rings. The maximum absolute atomic E-state index is 12.1. The normalized spacial score (nSPS) is 13.6. The number of aromatic nitrogens is 2. The Bertz CT molecular complexity index is 902. The van der Waals surface area contributed by atoms with E-state index in [1.165, 1.54) is 17.5 Å². The van der Waals surface area contributed by atoms with Crippen molar-refractivity contribution in [2.45, 2.75) is 6.54 Å². The molecule has 3 aromatic rings. The van der Waals surface area contributed by atoms with Crippen LogP contribution in [0.2, 0.25) is 0 Å². The summed E-state index contributed by atoms with van der Waals surface area (Å²) in [6.45, 7) is 0.0361. The number of pyridine rings is 2. The SMILES string of the molecule is O=C(O)N1Cc2c(ccnc2-c2cc3cccnc3s2)C1=O. The van der Waals surface area contributed by atoms with Gasteiger partial charge in [-0.15, -0.1) is 11.3 Å². The summed E-state index contributed by atoms with van der Waals surface area (Å²) in [6.07, 6.45) is 2.02. The van der Waals surface area contributed by atoms with Gasteiger partial charge in [0.15, 0.2) is 0 Å². The Labute approximate surface area is 128 Å². The molecule has 0 aliphatic carbocycles. The lowest BCUT2D eigenvalue weighted by molar-refractivity contribution is 0.0764. The van der Waals surface area contributed by atoms with E-state index < -0.39 is 12.0 Å². The molecule has 0 radical (unpaired) electrons. The predicted octanol–water partition coefficient (Wildman–Crippen LogP) is 2.99. The number of hydrogen-bond donors (Lipinski definition) is 1. The van der Waals surface area contributed by atoms with Crippen LogP contribution in [-0.4, -0.2) is 32.0 Å². The van der Waals surface area contributed by atoms with E-state index in [-0.39, 0.29) is 6.54 Å². The first kappa shape index (κ1) is 12.9. The molecular formula is C15H9N3O3S. The van der Waals surface area contributed by atoms with Crippen LogP contribution < -0.4 is 0 Å². The van der Waals surface area contributed by atoms with E-state index in [2.05, 4.69) is 9.97 Å². The zero-order valence-corrected chi connectivity index (χ0v) is 12.0. The third-order valence-electron chi connectivity index (χ3n) is 3.61. The van der Waals surface area contributed by atoms with Crippen LogP contribution in [0.25, 0.3) is 20.8 Å². The molecule has 22 heavy (non-hydrogen) atoms. The molecule has 0 unspecified atom stereocenters. The second kappa shape index (κ2) is 4.60. The van der Waals surface area contributed by atoms with Gasteiger partial charge >= 0.3 is 6.09 Å². The molecule has 0 aromatic carbocycles. The molecule has 0 bridgehead atoms. The number of carboxylic acid groups (broad SMARTS) is 1. The minimum absolute atomic E-state index is 0.0361. The zero-order chi connectivity index (χ0) is 15.3. The number of hydrogen-bond acceptors (Lipinski definition) is 5. The first-order valence-electron chi connectivity index (χ1n) is 6.53. The number of thiophene rings is 1. The van der Waals surface area contributed by atoms with Crippen LogP contribution in [0, 0.1) is 0 Å². The third-order valence-corrected chi connectivity index (χ3v) is 4.67. The first-order valence-corrected chi connectivity index (χ1v) is 7.34. The fraction of sp³-hybridized carbons (Fsp3) is 0.0667. The standard InChI is InChI=1S/C15H9N3O3S/c19-14-9-3-5-16-12(10(9)7-18(14)15(20)21)11-6-8-2-1-4-17-13(8)22-11/h1-6H,7H2,(H,20,21). The van der Waals surface area contributed by atoms with Crippen molar-refractivity contribution in [1.29, 1.82) is 0 Å². The summed E-state index contributed by atoms with van der Waals surface area (Å²) in [5, 5.41) is 10.1. The van der Waals surface area contributed by atoms with Crippen LogP contribution in [0.4, 0.5) is 4.79 Å². The number of fused-ring (bicyclic) bond motifs is 2. The second-order valence-corrected chi connectivity index (χ2v) is 5.90. The van der Waals surface area contributed by atoms with Gasteiger partial charge in [-0.05, 0) is 18.2 Å². The molecular weight excluding hydrogens is 302 g/mol. The van der Waals surface area contributed by atoms with E-state index in [0.29, 0.717) is 16.8 Å². The summed E-state index contributed by atoms with van der Waals surface area (Å²) in [5.41, 5.74) is 1.71. The van der Waals surface area contributed by atoms with Crippen molar-refractivity contribution >= 4 is 33.6 Å². The Balaban J connectivity index is 1.88. The molecule has 7 heteroatoms. The van der Waals surface area contributed by atoms with Gasteiger partial charge in [0.1, 0.15) is 4.83 Å². The summed E-state index contributed by atoms with van der Waals surface area (Å²) in [5.74, 6) is -0.495. The lowest BCUT2D eigenvalue weighted by atomic mass is 10.1. The average Bonchev–Trinajstić information content (AvgIpc) is 3.08. The monoisotopic (exact) mass is 311 g/mol. The van der Waals surface area contributed by atoms with Crippen molar-refractivity contribution in [3.8, 4) is 10.6 Å². The van der Waals surface area contributed by atoms with Gasteiger partial charge in [0.2, 0.25) is 0 Å². The van der Waals surface area contributed by atoms with Gasteiger partial charge in [-0.25, -0.2) is 14.7 Å². The third kappa shape index (κ3) is 1.79. The van der Waals surface area contributed by atoms with E-state index in [4.69, 9.17) is 5.11 Å². The maximum atomic E-state index is 12.1. The Morgan fingerprint density at radius 1 is 1.27 bits per heavy atom. The summed E-state index contributed by atoms with van der Waals surface area (Å²) >= 11 is 1.48. The number of amides is 2. The minimum atomic E-state index is -1.25. The lowest BCUT2D eigenvalue weighted by Gasteiger charge is -2.07. The van der Waals surface area contributed by atoms with E-state index in [9.17, 15) is 9.59 Å². The van der Waals surface area contributed by atoms with Crippen LogP contribution in [0.15, 0.2) is 36.7 Å². The Morgan fingerprint density at radius 3 is 2.91 bits per heavy atom. The van der Waals surface area contributed by atoms with Crippen LogP contribution in [-0.2, 0) is 6.54 Å². The van der Waals surface area contributed by atoms with Crippen LogP contribution in [0.5, 0.6) is 0 Å². The molecule has 3 aromatic heterocycles. The molecule has 6 nitrogen and oxygen atoms in total. The highest BCUT2D eigenvalue weighted by Crippen LogP contribution is 2.36. The minimum Gasteiger partial charge on any atom is -0.465 e. The lowest BCUT2D eigenvalue weighted by Crippen LogP contribution is -2.29. The topological polar surface area (TPSA) is 83.4 Å². The van der Waals surface area contributed by atoms with Crippen molar-refractivity contribution < 1.29 is 14.7 Å². The molecule has 4 rings (SSSR count). The molecule has 0 fully saturated rings. The summed E-state index contributed by atoms with van der Waals surface area (Å²) in [6, 6.07) is 7.34. The molecule has 2 amide bonds. The van der Waals surface area contributed by atoms with E-state index in [1.54, 1.807) is 12.3 Å².